The molecule has 4 heteroatoms. The quantitative estimate of drug-likeness (QED) is 0.0864. The maximum atomic E-state index is 12.2. The molecule has 4 nitrogen and oxygen atoms in total. The van der Waals surface area contributed by atoms with E-state index in [4.69, 9.17) is 9.84 Å². The molecule has 0 heterocycles. The first-order valence-electron chi connectivity index (χ1n) is 15.5. The zero-order valence-electron chi connectivity index (χ0n) is 23.6. The smallest absolute Gasteiger partial charge is 0.307 e. The van der Waals surface area contributed by atoms with Crippen LogP contribution < -0.4 is 0 Å². The highest BCUT2D eigenvalue weighted by molar-refractivity contribution is 5.71. The predicted molar refractivity (Wildman–Crippen MR) is 149 cm³/mol. The molecule has 0 aromatic heterocycles. The molecule has 0 aliphatic carbocycles. The molecule has 0 spiro atoms. The Bertz CT molecular complexity index is 463. The van der Waals surface area contributed by atoms with Crippen LogP contribution >= 0.6 is 0 Å². The highest BCUT2D eigenvalue weighted by atomic mass is 16.5. The van der Waals surface area contributed by atoms with E-state index in [-0.39, 0.29) is 12.4 Å². The summed E-state index contributed by atoms with van der Waals surface area (Å²) in [5.74, 6) is -1.10. The predicted octanol–water partition coefficient (Wildman–Crippen LogP) is 10.2. The van der Waals surface area contributed by atoms with Gasteiger partial charge in [0.25, 0.3) is 0 Å². The maximum Gasteiger partial charge on any atom is 0.307 e. The lowest BCUT2D eigenvalue weighted by atomic mass is 10.0. The fourth-order valence-corrected chi connectivity index (χ4v) is 4.79. The van der Waals surface area contributed by atoms with Gasteiger partial charge in [0.15, 0.2) is 0 Å². The molecular formula is C31H60O4. The normalized spacial score (nSPS) is 12.1. The number of ether oxygens (including phenoxy) is 1. The summed E-state index contributed by atoms with van der Waals surface area (Å²) >= 11 is 0. The van der Waals surface area contributed by atoms with E-state index in [2.05, 4.69) is 13.8 Å². The first-order chi connectivity index (χ1) is 17.1. The van der Waals surface area contributed by atoms with Gasteiger partial charge >= 0.3 is 11.9 Å². The van der Waals surface area contributed by atoms with Gasteiger partial charge in [-0.15, -0.1) is 0 Å². The van der Waals surface area contributed by atoms with Crippen molar-refractivity contribution in [2.45, 2.75) is 187 Å². The zero-order valence-corrected chi connectivity index (χ0v) is 23.6. The topological polar surface area (TPSA) is 63.6 Å². The van der Waals surface area contributed by atoms with Crippen LogP contribution in [0.25, 0.3) is 0 Å². The van der Waals surface area contributed by atoms with E-state index in [0.29, 0.717) is 12.8 Å². The van der Waals surface area contributed by atoms with E-state index in [0.717, 1.165) is 25.7 Å². The SMILES string of the molecule is CCCCCCCCCCCCCCCC(=O)OC(CCCCCCCCCCCC)CC(=O)O. The molecule has 1 atom stereocenters. The highest BCUT2D eigenvalue weighted by Crippen LogP contribution is 2.16. The Morgan fingerprint density at radius 2 is 0.886 bits per heavy atom. The summed E-state index contributed by atoms with van der Waals surface area (Å²) in [6.07, 6.45) is 29.7. The van der Waals surface area contributed by atoms with Crippen molar-refractivity contribution in [3.8, 4) is 0 Å². The van der Waals surface area contributed by atoms with Gasteiger partial charge in [-0.2, -0.15) is 0 Å². The monoisotopic (exact) mass is 496 g/mol. The molecule has 0 fully saturated rings. The Kier molecular flexibility index (Phi) is 26.7. The lowest BCUT2D eigenvalue weighted by Gasteiger charge is -2.16. The van der Waals surface area contributed by atoms with Crippen molar-refractivity contribution in [1.82, 2.24) is 0 Å². The molecule has 35 heavy (non-hydrogen) atoms. The summed E-state index contributed by atoms with van der Waals surface area (Å²) in [4.78, 5) is 23.4. The van der Waals surface area contributed by atoms with Crippen LogP contribution in [0.5, 0.6) is 0 Å². The molecular weight excluding hydrogens is 436 g/mol. The van der Waals surface area contributed by atoms with E-state index in [9.17, 15) is 9.59 Å². The minimum atomic E-state index is -0.879. The van der Waals surface area contributed by atoms with E-state index >= 15 is 0 Å². The maximum absolute atomic E-state index is 12.2. The van der Waals surface area contributed by atoms with Gasteiger partial charge in [0.05, 0.1) is 6.42 Å². The minimum absolute atomic E-state index is 0.0677. The number of rotatable bonds is 28. The van der Waals surface area contributed by atoms with Crippen LogP contribution in [0.15, 0.2) is 0 Å². The molecule has 1 N–H and O–H groups in total. The van der Waals surface area contributed by atoms with Crippen molar-refractivity contribution in [2.75, 3.05) is 0 Å². The first-order valence-corrected chi connectivity index (χ1v) is 15.5. The van der Waals surface area contributed by atoms with E-state index < -0.39 is 12.1 Å². The molecule has 0 aromatic rings. The molecule has 0 rings (SSSR count). The minimum Gasteiger partial charge on any atom is -0.481 e. The lowest BCUT2D eigenvalue weighted by molar-refractivity contribution is -0.153. The van der Waals surface area contributed by atoms with Crippen molar-refractivity contribution in [1.29, 1.82) is 0 Å². The number of hydrogen-bond acceptors (Lipinski definition) is 3. The molecule has 0 aliphatic heterocycles. The van der Waals surface area contributed by atoms with Gasteiger partial charge in [0.2, 0.25) is 0 Å². The molecule has 0 amide bonds. The van der Waals surface area contributed by atoms with E-state index in [1.165, 1.54) is 122 Å². The van der Waals surface area contributed by atoms with Gasteiger partial charge in [-0.1, -0.05) is 149 Å². The molecule has 0 aromatic carbocycles. The molecule has 1 unspecified atom stereocenters. The average Bonchev–Trinajstić information content (AvgIpc) is 2.82. The Morgan fingerprint density at radius 3 is 1.26 bits per heavy atom. The number of aliphatic carboxylic acids is 1. The number of carbonyl (C=O) groups is 2. The van der Waals surface area contributed by atoms with Gasteiger partial charge < -0.3 is 9.84 Å². The first kappa shape index (κ1) is 33.9. The average molecular weight is 497 g/mol. The van der Waals surface area contributed by atoms with Crippen molar-refractivity contribution < 1.29 is 19.4 Å². The molecule has 0 saturated heterocycles. The second kappa shape index (κ2) is 27.5. The lowest BCUT2D eigenvalue weighted by Crippen LogP contribution is -2.21. The van der Waals surface area contributed by atoms with E-state index in [1.807, 2.05) is 0 Å². The molecule has 0 radical (unpaired) electrons. The van der Waals surface area contributed by atoms with Crippen molar-refractivity contribution >= 4 is 11.9 Å². The number of carbonyl (C=O) groups excluding carboxylic acids is 1. The standard InChI is InChI=1S/C31H60O4/c1-3-5-7-9-11-13-15-16-17-19-21-23-25-27-31(34)35-29(28-30(32)33)26-24-22-20-18-14-12-10-8-6-4-2/h29H,3-28H2,1-2H3,(H,32,33). The van der Waals surface area contributed by atoms with Gasteiger partial charge in [0.1, 0.15) is 6.10 Å². The van der Waals surface area contributed by atoms with Crippen molar-refractivity contribution in [3.05, 3.63) is 0 Å². The third kappa shape index (κ3) is 27.4. The van der Waals surface area contributed by atoms with Crippen LogP contribution in [0.4, 0.5) is 0 Å². The van der Waals surface area contributed by atoms with Crippen LogP contribution in [0.2, 0.25) is 0 Å². The Hall–Kier alpha value is -1.06. The van der Waals surface area contributed by atoms with Crippen molar-refractivity contribution in [3.63, 3.8) is 0 Å². The van der Waals surface area contributed by atoms with Crippen LogP contribution in [-0.2, 0) is 14.3 Å². The molecule has 0 aliphatic rings. The zero-order chi connectivity index (χ0) is 25.8. The number of carboxylic acid groups (broad SMARTS) is 1. The van der Waals surface area contributed by atoms with Gasteiger partial charge in [-0.25, -0.2) is 0 Å². The molecule has 0 saturated carbocycles. The summed E-state index contributed by atoms with van der Waals surface area (Å²) < 4.78 is 5.53. The Morgan fingerprint density at radius 1 is 0.543 bits per heavy atom. The van der Waals surface area contributed by atoms with Gasteiger partial charge in [-0.05, 0) is 19.3 Å². The van der Waals surface area contributed by atoms with Crippen molar-refractivity contribution in [2.24, 2.45) is 0 Å². The summed E-state index contributed by atoms with van der Waals surface area (Å²) in [5.41, 5.74) is 0. The van der Waals surface area contributed by atoms with Crippen LogP contribution in [0.3, 0.4) is 0 Å². The Labute approximate surface area is 218 Å². The summed E-state index contributed by atoms with van der Waals surface area (Å²) in [6.45, 7) is 4.51. The van der Waals surface area contributed by atoms with E-state index in [1.54, 1.807) is 0 Å². The second-order valence-electron chi connectivity index (χ2n) is 10.7. The fourth-order valence-electron chi connectivity index (χ4n) is 4.79. The Balaban J connectivity index is 3.66. The molecule has 0 bridgehead atoms. The van der Waals surface area contributed by atoms with Crippen LogP contribution in [0, 0.1) is 0 Å². The number of unbranched alkanes of at least 4 members (excludes halogenated alkanes) is 21. The van der Waals surface area contributed by atoms with Crippen LogP contribution in [0.1, 0.15) is 181 Å². The third-order valence-electron chi connectivity index (χ3n) is 7.06. The summed E-state index contributed by atoms with van der Waals surface area (Å²) in [7, 11) is 0. The largest absolute Gasteiger partial charge is 0.481 e. The fraction of sp³-hybridized carbons (Fsp3) is 0.935. The second-order valence-corrected chi connectivity index (χ2v) is 10.7. The van der Waals surface area contributed by atoms with Gasteiger partial charge in [-0.3, -0.25) is 9.59 Å². The number of hydrogen-bond donors (Lipinski definition) is 1. The molecule has 208 valence electrons. The number of esters is 1. The highest BCUT2D eigenvalue weighted by Gasteiger charge is 2.17. The number of carboxylic acids is 1. The summed E-state index contributed by atoms with van der Waals surface area (Å²) in [5, 5.41) is 9.17. The van der Waals surface area contributed by atoms with Gasteiger partial charge in [0, 0.05) is 6.42 Å². The third-order valence-corrected chi connectivity index (χ3v) is 7.06. The summed E-state index contributed by atoms with van der Waals surface area (Å²) in [6, 6.07) is 0. The van der Waals surface area contributed by atoms with Crippen LogP contribution in [-0.4, -0.2) is 23.1 Å².